The molecule has 0 amide bonds. The van der Waals surface area contributed by atoms with Crippen LogP contribution in [-0.2, 0) is 16.6 Å². The van der Waals surface area contributed by atoms with Gasteiger partial charge in [-0.1, -0.05) is 0 Å². The van der Waals surface area contributed by atoms with E-state index in [0.717, 1.165) is 0 Å². The van der Waals surface area contributed by atoms with Crippen molar-refractivity contribution in [1.82, 2.24) is 19.3 Å². The summed E-state index contributed by atoms with van der Waals surface area (Å²) in [7, 11) is -0.430. The van der Waals surface area contributed by atoms with Crippen LogP contribution in [0.3, 0.4) is 0 Å². The van der Waals surface area contributed by atoms with Crippen LogP contribution in [0.1, 0.15) is 5.69 Å². The van der Waals surface area contributed by atoms with Gasteiger partial charge in [-0.15, -0.1) is 11.3 Å². The molecule has 0 aliphatic heterocycles. The van der Waals surface area contributed by atoms with Gasteiger partial charge in [0.05, 0.1) is 30.1 Å². The monoisotopic (exact) mass is 299 g/mol. The Morgan fingerprint density at radius 3 is 2.53 bits per heavy atom. The number of rotatable bonds is 5. The van der Waals surface area contributed by atoms with Crippen molar-refractivity contribution in [1.29, 1.82) is 0 Å². The van der Waals surface area contributed by atoms with Crippen LogP contribution >= 0.6 is 11.3 Å². The second-order valence-electron chi connectivity index (χ2n) is 3.73. The number of nitrogens with zero attached hydrogens (tertiary/aromatic N) is 4. The van der Waals surface area contributed by atoms with Gasteiger partial charge in [-0.2, -0.15) is 4.31 Å². The summed E-state index contributed by atoms with van der Waals surface area (Å²) in [4.78, 5) is 11.9. The fourth-order valence-electron chi connectivity index (χ4n) is 1.39. The van der Waals surface area contributed by atoms with E-state index in [9.17, 15) is 8.42 Å². The quantitative estimate of drug-likeness (QED) is 0.878. The maximum atomic E-state index is 12.3. The van der Waals surface area contributed by atoms with E-state index in [0.29, 0.717) is 11.6 Å². The summed E-state index contributed by atoms with van der Waals surface area (Å²) in [5, 5.41) is 4.54. The van der Waals surface area contributed by atoms with Gasteiger partial charge in [-0.3, -0.25) is 0 Å². The zero-order valence-electron chi connectivity index (χ0n) is 10.4. The summed E-state index contributed by atoms with van der Waals surface area (Å²) in [5.74, 6) is 0.376. The summed E-state index contributed by atoms with van der Waals surface area (Å²) in [6.07, 6.45) is 2.57. The third-order valence-corrected chi connectivity index (χ3v) is 4.82. The van der Waals surface area contributed by atoms with Gasteiger partial charge >= 0.3 is 0 Å². The molecular weight excluding hydrogens is 286 g/mol. The van der Waals surface area contributed by atoms with Crippen LogP contribution in [0, 0.1) is 0 Å². The van der Waals surface area contributed by atoms with Crippen molar-refractivity contribution in [3.63, 3.8) is 0 Å². The Kier molecular flexibility index (Phi) is 4.08. The first-order valence-electron chi connectivity index (χ1n) is 5.37. The topological polar surface area (TPSA) is 88.1 Å². The molecule has 9 heteroatoms. The molecule has 102 valence electrons. The highest BCUT2D eigenvalue weighted by Crippen LogP contribution is 2.15. The van der Waals surface area contributed by atoms with Crippen molar-refractivity contribution in [2.45, 2.75) is 11.4 Å². The molecule has 0 saturated heterocycles. The van der Waals surface area contributed by atoms with Crippen LogP contribution in [0.5, 0.6) is 0 Å². The second kappa shape index (κ2) is 5.59. The lowest BCUT2D eigenvalue weighted by Gasteiger charge is -2.15. The van der Waals surface area contributed by atoms with E-state index in [-0.39, 0.29) is 11.4 Å². The molecule has 0 fully saturated rings. The lowest BCUT2D eigenvalue weighted by Crippen LogP contribution is -2.27. The van der Waals surface area contributed by atoms with Crippen LogP contribution in [0.2, 0.25) is 0 Å². The molecule has 7 nitrogen and oxygen atoms in total. The predicted molar refractivity (Wildman–Crippen MR) is 72.3 cm³/mol. The van der Waals surface area contributed by atoms with Crippen molar-refractivity contribution in [2.24, 2.45) is 0 Å². The SMILES string of the molecule is CNc1ncc(S(=O)(=O)N(C)Cc2cscn2)cn1. The fraction of sp³-hybridized carbons (Fsp3) is 0.300. The minimum atomic E-state index is -3.59. The van der Waals surface area contributed by atoms with Crippen molar-refractivity contribution in [3.8, 4) is 0 Å². The maximum Gasteiger partial charge on any atom is 0.246 e. The van der Waals surface area contributed by atoms with Crippen molar-refractivity contribution >= 4 is 27.3 Å². The normalized spacial score (nSPS) is 11.7. The van der Waals surface area contributed by atoms with Gasteiger partial charge in [0.15, 0.2) is 0 Å². The number of nitrogens with one attached hydrogen (secondary N) is 1. The average Bonchev–Trinajstić information content (AvgIpc) is 2.91. The Balaban J connectivity index is 2.20. The van der Waals surface area contributed by atoms with E-state index in [2.05, 4.69) is 20.3 Å². The van der Waals surface area contributed by atoms with Crippen molar-refractivity contribution in [2.75, 3.05) is 19.4 Å². The smallest absolute Gasteiger partial charge is 0.246 e. The van der Waals surface area contributed by atoms with E-state index in [4.69, 9.17) is 0 Å². The van der Waals surface area contributed by atoms with Crippen molar-refractivity contribution in [3.05, 3.63) is 29.0 Å². The van der Waals surface area contributed by atoms with Crippen LogP contribution in [-0.4, -0.2) is 41.8 Å². The van der Waals surface area contributed by atoms with Crippen molar-refractivity contribution < 1.29 is 8.42 Å². The molecule has 2 aromatic rings. The molecule has 2 rings (SSSR count). The highest BCUT2D eigenvalue weighted by Gasteiger charge is 2.22. The molecule has 0 aliphatic rings. The molecule has 0 aromatic carbocycles. The first kappa shape index (κ1) is 13.8. The first-order chi connectivity index (χ1) is 9.04. The fourth-order valence-corrected chi connectivity index (χ4v) is 2.97. The minimum Gasteiger partial charge on any atom is -0.357 e. The molecule has 2 aromatic heterocycles. The van der Waals surface area contributed by atoms with E-state index >= 15 is 0 Å². The highest BCUT2D eigenvalue weighted by molar-refractivity contribution is 7.89. The van der Waals surface area contributed by atoms with Gasteiger partial charge in [0, 0.05) is 19.5 Å². The Bertz CT molecular complexity index is 624. The van der Waals surface area contributed by atoms with Gasteiger partial charge in [0.25, 0.3) is 0 Å². The average molecular weight is 299 g/mol. The summed E-state index contributed by atoms with van der Waals surface area (Å²) >= 11 is 1.43. The Morgan fingerprint density at radius 1 is 1.32 bits per heavy atom. The van der Waals surface area contributed by atoms with Gasteiger partial charge in [0.2, 0.25) is 16.0 Å². The van der Waals surface area contributed by atoms with Crippen LogP contribution in [0.4, 0.5) is 5.95 Å². The minimum absolute atomic E-state index is 0.0595. The second-order valence-corrected chi connectivity index (χ2v) is 6.50. The van der Waals surface area contributed by atoms with Crippen LogP contribution in [0.25, 0.3) is 0 Å². The molecule has 0 radical (unpaired) electrons. The van der Waals surface area contributed by atoms with E-state index in [1.807, 2.05) is 5.38 Å². The Hall–Kier alpha value is -1.58. The third kappa shape index (κ3) is 3.06. The summed E-state index contributed by atoms with van der Waals surface area (Å²) in [6, 6.07) is 0. The standard InChI is InChI=1S/C10H13N5O2S2/c1-11-10-12-3-9(4-13-10)19(16,17)15(2)5-8-6-18-7-14-8/h3-4,6-7H,5H2,1-2H3,(H,11,12,13). The number of sulfonamides is 1. The Morgan fingerprint density at radius 2 is 2.00 bits per heavy atom. The summed E-state index contributed by atoms with van der Waals surface area (Å²) < 4.78 is 25.7. The first-order valence-corrected chi connectivity index (χ1v) is 7.75. The van der Waals surface area contributed by atoms with E-state index in [1.165, 1.54) is 35.1 Å². The van der Waals surface area contributed by atoms with Gasteiger partial charge in [-0.25, -0.2) is 23.4 Å². The highest BCUT2D eigenvalue weighted by atomic mass is 32.2. The zero-order valence-corrected chi connectivity index (χ0v) is 12.1. The molecule has 0 atom stereocenters. The number of aromatic nitrogens is 3. The van der Waals surface area contributed by atoms with Gasteiger partial charge in [-0.05, 0) is 0 Å². The lowest BCUT2D eigenvalue weighted by molar-refractivity contribution is 0.462. The molecule has 0 unspecified atom stereocenters. The molecule has 0 bridgehead atoms. The molecule has 2 heterocycles. The molecular formula is C10H13N5O2S2. The number of hydrogen-bond acceptors (Lipinski definition) is 7. The third-order valence-electron chi connectivity index (χ3n) is 2.43. The van der Waals surface area contributed by atoms with Crippen LogP contribution < -0.4 is 5.32 Å². The number of thiazole rings is 1. The van der Waals surface area contributed by atoms with Gasteiger partial charge in [0.1, 0.15) is 4.90 Å². The van der Waals surface area contributed by atoms with E-state index < -0.39 is 10.0 Å². The molecule has 0 aliphatic carbocycles. The van der Waals surface area contributed by atoms with Crippen LogP contribution in [0.15, 0.2) is 28.2 Å². The maximum absolute atomic E-state index is 12.3. The molecule has 0 saturated carbocycles. The molecule has 19 heavy (non-hydrogen) atoms. The molecule has 1 N–H and O–H groups in total. The number of hydrogen-bond donors (Lipinski definition) is 1. The van der Waals surface area contributed by atoms with E-state index in [1.54, 1.807) is 12.6 Å². The molecule has 0 spiro atoms. The number of anilines is 1. The lowest BCUT2D eigenvalue weighted by atomic mass is 10.5. The predicted octanol–water partition coefficient (Wildman–Crippen LogP) is 0.795. The summed E-state index contributed by atoms with van der Waals surface area (Å²) in [6.45, 7) is 0.222. The largest absolute Gasteiger partial charge is 0.357 e. The Labute approximate surface area is 115 Å². The van der Waals surface area contributed by atoms with Gasteiger partial charge < -0.3 is 5.32 Å². The zero-order chi connectivity index (χ0) is 13.9. The summed E-state index contributed by atoms with van der Waals surface area (Å²) in [5.41, 5.74) is 2.38.